The molecule has 2 aromatic carbocycles. The van der Waals surface area contributed by atoms with Gasteiger partial charge in [0.05, 0.1) is 18.4 Å². The number of benzene rings is 2. The van der Waals surface area contributed by atoms with Crippen molar-refractivity contribution in [1.82, 2.24) is 9.62 Å². The Morgan fingerprint density at radius 1 is 0.964 bits per heavy atom. The number of piperidine rings is 1. The summed E-state index contributed by atoms with van der Waals surface area (Å²) in [5.74, 6) is 0.664. The molecule has 150 valence electrons. The van der Waals surface area contributed by atoms with Crippen LogP contribution in [0.15, 0.2) is 53.4 Å². The van der Waals surface area contributed by atoms with Crippen LogP contribution in [0.5, 0.6) is 5.75 Å². The lowest BCUT2D eigenvalue weighted by molar-refractivity contribution is -0.120. The van der Waals surface area contributed by atoms with Gasteiger partial charge in [0.1, 0.15) is 5.75 Å². The highest BCUT2D eigenvalue weighted by molar-refractivity contribution is 7.89. The van der Waals surface area contributed by atoms with Crippen molar-refractivity contribution in [2.45, 2.75) is 37.1 Å². The minimum Gasteiger partial charge on any atom is -0.497 e. The number of rotatable bonds is 7. The van der Waals surface area contributed by atoms with Crippen molar-refractivity contribution in [3.8, 4) is 5.75 Å². The van der Waals surface area contributed by atoms with Gasteiger partial charge in [-0.1, -0.05) is 30.7 Å². The third kappa shape index (κ3) is 5.11. The van der Waals surface area contributed by atoms with Crippen molar-refractivity contribution < 1.29 is 17.9 Å². The molecule has 1 heterocycles. The summed E-state index contributed by atoms with van der Waals surface area (Å²) in [5, 5.41) is 2.88. The zero-order chi connectivity index (χ0) is 20.0. The van der Waals surface area contributed by atoms with E-state index in [1.165, 1.54) is 0 Å². The van der Waals surface area contributed by atoms with Crippen LogP contribution in [-0.2, 0) is 27.8 Å². The van der Waals surface area contributed by atoms with E-state index in [0.29, 0.717) is 19.6 Å². The maximum atomic E-state index is 12.7. The number of carbonyl (C=O) groups excluding carboxylic acids is 1. The van der Waals surface area contributed by atoms with Gasteiger partial charge in [0.25, 0.3) is 0 Å². The molecular formula is C21H26N2O4S. The third-order valence-electron chi connectivity index (χ3n) is 4.89. The first-order chi connectivity index (χ1) is 13.5. The van der Waals surface area contributed by atoms with Crippen LogP contribution in [0, 0.1) is 0 Å². The molecule has 1 amide bonds. The summed E-state index contributed by atoms with van der Waals surface area (Å²) < 4.78 is 32.0. The highest BCUT2D eigenvalue weighted by atomic mass is 32.2. The molecule has 3 rings (SSSR count). The predicted molar refractivity (Wildman–Crippen MR) is 108 cm³/mol. The number of hydrogen-bond acceptors (Lipinski definition) is 4. The number of hydrogen-bond donors (Lipinski definition) is 1. The zero-order valence-corrected chi connectivity index (χ0v) is 16.9. The van der Waals surface area contributed by atoms with Crippen LogP contribution in [0.1, 0.15) is 30.4 Å². The van der Waals surface area contributed by atoms with Gasteiger partial charge >= 0.3 is 0 Å². The number of ether oxygens (including phenoxy) is 1. The van der Waals surface area contributed by atoms with Crippen LogP contribution in [0.25, 0.3) is 0 Å². The molecule has 0 bridgehead atoms. The van der Waals surface area contributed by atoms with Crippen molar-refractivity contribution in [3.05, 3.63) is 59.7 Å². The minimum absolute atomic E-state index is 0.109. The zero-order valence-electron chi connectivity index (χ0n) is 16.1. The number of amides is 1. The molecule has 0 unspecified atom stereocenters. The van der Waals surface area contributed by atoms with Crippen LogP contribution in [0.3, 0.4) is 0 Å². The van der Waals surface area contributed by atoms with E-state index in [1.54, 1.807) is 35.7 Å². The van der Waals surface area contributed by atoms with Crippen LogP contribution >= 0.6 is 0 Å². The van der Waals surface area contributed by atoms with Crippen molar-refractivity contribution in [3.63, 3.8) is 0 Å². The van der Waals surface area contributed by atoms with Gasteiger partial charge in [0.15, 0.2) is 0 Å². The Morgan fingerprint density at radius 2 is 1.57 bits per heavy atom. The summed E-state index contributed by atoms with van der Waals surface area (Å²) in [6, 6.07) is 14.1. The summed E-state index contributed by atoms with van der Waals surface area (Å²) in [4.78, 5) is 12.5. The third-order valence-corrected chi connectivity index (χ3v) is 6.80. The average Bonchev–Trinajstić information content (AvgIpc) is 2.73. The predicted octanol–water partition coefficient (Wildman–Crippen LogP) is 2.73. The molecule has 7 heteroatoms. The fourth-order valence-corrected chi connectivity index (χ4v) is 4.74. The van der Waals surface area contributed by atoms with Crippen LogP contribution in [-0.4, -0.2) is 38.8 Å². The largest absolute Gasteiger partial charge is 0.497 e. The summed E-state index contributed by atoms with van der Waals surface area (Å²) in [6.07, 6.45) is 3.11. The van der Waals surface area contributed by atoms with E-state index >= 15 is 0 Å². The van der Waals surface area contributed by atoms with Gasteiger partial charge in [0, 0.05) is 19.6 Å². The van der Waals surface area contributed by atoms with Gasteiger partial charge in [-0.15, -0.1) is 0 Å². The van der Waals surface area contributed by atoms with E-state index < -0.39 is 10.0 Å². The Balaban J connectivity index is 1.55. The molecule has 0 radical (unpaired) electrons. The van der Waals surface area contributed by atoms with E-state index in [9.17, 15) is 13.2 Å². The monoisotopic (exact) mass is 402 g/mol. The second-order valence-electron chi connectivity index (χ2n) is 6.91. The smallest absolute Gasteiger partial charge is 0.243 e. The highest BCUT2D eigenvalue weighted by Gasteiger charge is 2.25. The van der Waals surface area contributed by atoms with Gasteiger partial charge in [-0.2, -0.15) is 4.31 Å². The number of nitrogens with zero attached hydrogens (tertiary/aromatic N) is 1. The lowest BCUT2D eigenvalue weighted by Gasteiger charge is -2.25. The molecule has 1 aliphatic heterocycles. The molecule has 0 aliphatic carbocycles. The lowest BCUT2D eigenvalue weighted by atomic mass is 10.1. The number of nitrogens with one attached hydrogen (secondary N) is 1. The molecule has 1 aliphatic rings. The maximum Gasteiger partial charge on any atom is 0.243 e. The average molecular weight is 403 g/mol. The summed E-state index contributed by atoms with van der Waals surface area (Å²) in [7, 11) is -1.83. The second-order valence-corrected chi connectivity index (χ2v) is 8.85. The van der Waals surface area contributed by atoms with Gasteiger partial charge in [0.2, 0.25) is 15.9 Å². The molecular weight excluding hydrogens is 376 g/mol. The SMILES string of the molecule is COc1ccc(CNC(=O)Cc2ccc(S(=O)(=O)N3CCCCC3)cc2)cc1. The quantitative estimate of drug-likeness (QED) is 0.773. The molecule has 0 spiro atoms. The Bertz CT molecular complexity index is 887. The fourth-order valence-electron chi connectivity index (χ4n) is 3.23. The van der Waals surface area contributed by atoms with E-state index in [1.807, 2.05) is 24.3 Å². The standard InChI is InChI=1S/C21H26N2O4S/c1-27-19-9-5-18(6-10-19)16-22-21(24)15-17-7-11-20(12-8-17)28(25,26)23-13-3-2-4-14-23/h5-12H,2-4,13-16H2,1H3,(H,22,24). The Hall–Kier alpha value is -2.38. The van der Waals surface area contributed by atoms with E-state index in [0.717, 1.165) is 36.1 Å². The van der Waals surface area contributed by atoms with Crippen molar-refractivity contribution in [2.24, 2.45) is 0 Å². The van der Waals surface area contributed by atoms with E-state index in [2.05, 4.69) is 5.32 Å². The molecule has 1 saturated heterocycles. The Kier molecular flexibility index (Phi) is 6.70. The number of sulfonamides is 1. The first-order valence-corrected chi connectivity index (χ1v) is 10.9. The fraction of sp³-hybridized carbons (Fsp3) is 0.381. The van der Waals surface area contributed by atoms with Crippen molar-refractivity contribution in [2.75, 3.05) is 20.2 Å². The lowest BCUT2D eigenvalue weighted by Crippen LogP contribution is -2.35. The summed E-state index contributed by atoms with van der Waals surface area (Å²) >= 11 is 0. The maximum absolute atomic E-state index is 12.7. The summed E-state index contributed by atoms with van der Waals surface area (Å²) in [6.45, 7) is 1.60. The minimum atomic E-state index is -3.44. The van der Waals surface area contributed by atoms with Crippen molar-refractivity contribution in [1.29, 1.82) is 0 Å². The first kappa shape index (κ1) is 20.4. The van der Waals surface area contributed by atoms with Gasteiger partial charge in [-0.05, 0) is 48.2 Å². The Labute approximate surface area is 166 Å². The van der Waals surface area contributed by atoms with E-state index in [-0.39, 0.29) is 17.2 Å². The van der Waals surface area contributed by atoms with Crippen LogP contribution < -0.4 is 10.1 Å². The van der Waals surface area contributed by atoms with Crippen LogP contribution in [0.2, 0.25) is 0 Å². The summed E-state index contributed by atoms with van der Waals surface area (Å²) in [5.41, 5.74) is 1.77. The van der Waals surface area contributed by atoms with E-state index in [4.69, 9.17) is 4.74 Å². The molecule has 1 fully saturated rings. The molecule has 0 saturated carbocycles. The number of carbonyl (C=O) groups is 1. The Morgan fingerprint density at radius 3 is 2.18 bits per heavy atom. The van der Waals surface area contributed by atoms with Crippen molar-refractivity contribution >= 4 is 15.9 Å². The molecule has 28 heavy (non-hydrogen) atoms. The number of methoxy groups -OCH3 is 1. The van der Waals surface area contributed by atoms with Gasteiger partial charge in [-0.25, -0.2) is 8.42 Å². The first-order valence-electron chi connectivity index (χ1n) is 9.48. The van der Waals surface area contributed by atoms with Gasteiger partial charge in [-0.3, -0.25) is 4.79 Å². The molecule has 0 aromatic heterocycles. The molecule has 2 aromatic rings. The molecule has 1 N–H and O–H groups in total. The van der Waals surface area contributed by atoms with Crippen LogP contribution in [0.4, 0.5) is 0 Å². The highest BCUT2D eigenvalue weighted by Crippen LogP contribution is 2.21. The van der Waals surface area contributed by atoms with Gasteiger partial charge < -0.3 is 10.1 Å². The second kappa shape index (κ2) is 9.21. The topological polar surface area (TPSA) is 75.7 Å². The molecule has 6 nitrogen and oxygen atoms in total. The normalized spacial score (nSPS) is 15.2. The molecule has 0 atom stereocenters.